The lowest BCUT2D eigenvalue weighted by Gasteiger charge is -2.53. The van der Waals surface area contributed by atoms with Crippen LogP contribution in [0.25, 0.3) is 0 Å². The van der Waals surface area contributed by atoms with Crippen LogP contribution in [0.1, 0.15) is 43.7 Å². The van der Waals surface area contributed by atoms with Gasteiger partial charge in [-0.25, -0.2) is 0 Å². The van der Waals surface area contributed by atoms with Crippen molar-refractivity contribution in [1.82, 2.24) is 5.16 Å². The van der Waals surface area contributed by atoms with E-state index >= 15 is 0 Å². The molecular formula is C13H17BrN2O. The Morgan fingerprint density at radius 2 is 1.65 bits per heavy atom. The van der Waals surface area contributed by atoms with Crippen molar-refractivity contribution in [2.75, 3.05) is 5.73 Å². The van der Waals surface area contributed by atoms with Gasteiger partial charge in [0, 0.05) is 5.92 Å². The SMILES string of the molecule is Nc1onc(C2C3CC4CC(C3)CC2C4)c1Br. The molecule has 4 aliphatic rings. The molecule has 0 spiro atoms. The van der Waals surface area contributed by atoms with E-state index in [2.05, 4.69) is 21.1 Å². The van der Waals surface area contributed by atoms with Crippen molar-refractivity contribution >= 4 is 21.8 Å². The summed E-state index contributed by atoms with van der Waals surface area (Å²) < 4.78 is 6.04. The molecular weight excluding hydrogens is 280 g/mol. The van der Waals surface area contributed by atoms with Gasteiger partial charge in [-0.3, -0.25) is 0 Å². The average Bonchev–Trinajstić information content (AvgIpc) is 2.60. The Kier molecular flexibility index (Phi) is 2.14. The summed E-state index contributed by atoms with van der Waals surface area (Å²) in [4.78, 5) is 0. The number of hydrogen-bond acceptors (Lipinski definition) is 3. The lowest BCUT2D eigenvalue weighted by atomic mass is 9.51. The number of nitrogens with two attached hydrogens (primary N) is 1. The maximum absolute atomic E-state index is 5.76. The molecule has 4 saturated carbocycles. The fourth-order valence-corrected chi connectivity index (χ4v) is 5.29. The summed E-state index contributed by atoms with van der Waals surface area (Å²) >= 11 is 3.54. The Bertz CT molecular complexity index is 428. The van der Waals surface area contributed by atoms with Crippen LogP contribution in [0.3, 0.4) is 0 Å². The molecule has 1 aromatic heterocycles. The highest BCUT2D eigenvalue weighted by atomic mass is 79.9. The van der Waals surface area contributed by atoms with Crippen molar-refractivity contribution < 1.29 is 4.52 Å². The standard InChI is InChI=1S/C13H17BrN2O/c14-11-12(16-17-13(11)15)10-8-2-6-1-7(4-8)5-9(10)3-6/h6-10H,1-5,15H2. The van der Waals surface area contributed by atoms with Gasteiger partial charge in [-0.2, -0.15) is 0 Å². The Morgan fingerprint density at radius 1 is 1.06 bits per heavy atom. The third kappa shape index (κ3) is 1.42. The largest absolute Gasteiger partial charge is 0.367 e. The van der Waals surface area contributed by atoms with Gasteiger partial charge in [0.2, 0.25) is 5.88 Å². The molecule has 4 bridgehead atoms. The summed E-state index contributed by atoms with van der Waals surface area (Å²) in [6.45, 7) is 0. The van der Waals surface area contributed by atoms with Crippen molar-refractivity contribution in [3.05, 3.63) is 10.2 Å². The molecule has 0 saturated heterocycles. The number of nitrogens with zero attached hydrogens (tertiary/aromatic N) is 1. The van der Waals surface area contributed by atoms with Gasteiger partial charge in [0.25, 0.3) is 0 Å². The van der Waals surface area contributed by atoms with Crippen LogP contribution in [0, 0.1) is 23.7 Å². The molecule has 0 radical (unpaired) electrons. The first kappa shape index (κ1) is 10.4. The van der Waals surface area contributed by atoms with Gasteiger partial charge in [0.05, 0.1) is 0 Å². The van der Waals surface area contributed by atoms with Crippen molar-refractivity contribution in [1.29, 1.82) is 0 Å². The number of rotatable bonds is 1. The highest BCUT2D eigenvalue weighted by molar-refractivity contribution is 9.10. The first-order valence-corrected chi connectivity index (χ1v) is 7.42. The first-order valence-electron chi connectivity index (χ1n) is 6.63. The zero-order valence-corrected chi connectivity index (χ0v) is 11.3. The fourth-order valence-electron chi connectivity index (χ4n) is 4.88. The smallest absolute Gasteiger partial charge is 0.236 e. The van der Waals surface area contributed by atoms with E-state index in [-0.39, 0.29) is 0 Å². The number of anilines is 1. The maximum atomic E-state index is 5.76. The van der Waals surface area contributed by atoms with Crippen LogP contribution in [0.2, 0.25) is 0 Å². The van der Waals surface area contributed by atoms with E-state index in [0.717, 1.165) is 33.8 Å². The topological polar surface area (TPSA) is 52.0 Å². The zero-order chi connectivity index (χ0) is 11.6. The minimum Gasteiger partial charge on any atom is -0.367 e. The highest BCUT2D eigenvalue weighted by Crippen LogP contribution is 2.60. The second-order valence-corrected chi connectivity index (χ2v) is 7.00. The number of aromatic nitrogens is 1. The molecule has 17 heavy (non-hydrogen) atoms. The highest BCUT2D eigenvalue weighted by Gasteiger charge is 2.50. The zero-order valence-electron chi connectivity index (χ0n) is 9.73. The van der Waals surface area contributed by atoms with E-state index in [1.54, 1.807) is 0 Å². The van der Waals surface area contributed by atoms with Crippen molar-refractivity contribution in [2.24, 2.45) is 23.7 Å². The second-order valence-electron chi connectivity index (χ2n) is 6.20. The normalized spacial score (nSPS) is 43.2. The molecule has 5 rings (SSSR count). The Labute approximate surface area is 109 Å². The monoisotopic (exact) mass is 296 g/mol. The molecule has 1 heterocycles. The molecule has 0 aliphatic heterocycles. The van der Waals surface area contributed by atoms with E-state index in [4.69, 9.17) is 10.3 Å². The van der Waals surface area contributed by atoms with Crippen molar-refractivity contribution in [3.8, 4) is 0 Å². The van der Waals surface area contributed by atoms with Crippen LogP contribution in [0.5, 0.6) is 0 Å². The first-order chi connectivity index (χ1) is 8.22. The predicted molar refractivity (Wildman–Crippen MR) is 68.4 cm³/mol. The average molecular weight is 297 g/mol. The molecule has 4 fully saturated rings. The molecule has 92 valence electrons. The van der Waals surface area contributed by atoms with E-state index in [1.807, 2.05) is 0 Å². The van der Waals surface area contributed by atoms with Gasteiger partial charge in [0.1, 0.15) is 10.2 Å². The molecule has 0 amide bonds. The number of nitrogen functional groups attached to an aromatic ring is 1. The van der Waals surface area contributed by atoms with E-state index in [9.17, 15) is 0 Å². The van der Waals surface area contributed by atoms with Gasteiger partial charge in [-0.15, -0.1) is 0 Å². The molecule has 1 aromatic rings. The minimum absolute atomic E-state index is 0.439. The molecule has 2 N–H and O–H groups in total. The summed E-state index contributed by atoms with van der Waals surface area (Å²) in [5.74, 6) is 4.68. The second kappa shape index (κ2) is 3.50. The van der Waals surface area contributed by atoms with Gasteiger partial charge in [-0.1, -0.05) is 5.16 Å². The summed E-state index contributed by atoms with van der Waals surface area (Å²) in [6, 6.07) is 0. The predicted octanol–water partition coefficient (Wildman–Crippen LogP) is 3.56. The van der Waals surface area contributed by atoms with E-state index in [0.29, 0.717) is 11.8 Å². The van der Waals surface area contributed by atoms with Gasteiger partial charge < -0.3 is 10.3 Å². The Balaban J connectivity index is 1.73. The molecule has 3 nitrogen and oxygen atoms in total. The van der Waals surface area contributed by atoms with Crippen LogP contribution in [0.4, 0.5) is 5.88 Å². The molecule has 0 aromatic carbocycles. The number of hydrogen-bond donors (Lipinski definition) is 1. The lowest BCUT2D eigenvalue weighted by Crippen LogP contribution is -2.44. The summed E-state index contributed by atoms with van der Waals surface area (Å²) in [6.07, 6.45) is 7.09. The molecule has 4 heteroatoms. The van der Waals surface area contributed by atoms with Crippen LogP contribution in [-0.2, 0) is 0 Å². The van der Waals surface area contributed by atoms with Gasteiger partial charge in [0.15, 0.2) is 0 Å². The van der Waals surface area contributed by atoms with Gasteiger partial charge in [-0.05, 0) is 71.7 Å². The van der Waals surface area contributed by atoms with Crippen LogP contribution in [0.15, 0.2) is 9.00 Å². The molecule has 0 atom stereocenters. The van der Waals surface area contributed by atoms with Crippen LogP contribution < -0.4 is 5.73 Å². The molecule has 0 unspecified atom stereocenters. The summed E-state index contributed by atoms with van der Waals surface area (Å²) in [7, 11) is 0. The fraction of sp³-hybridized carbons (Fsp3) is 0.769. The minimum atomic E-state index is 0.439. The van der Waals surface area contributed by atoms with Gasteiger partial charge >= 0.3 is 0 Å². The van der Waals surface area contributed by atoms with E-state index in [1.165, 1.54) is 32.1 Å². The lowest BCUT2D eigenvalue weighted by molar-refractivity contribution is -0.00524. The van der Waals surface area contributed by atoms with E-state index < -0.39 is 0 Å². The third-order valence-electron chi connectivity index (χ3n) is 5.23. The summed E-state index contributed by atoms with van der Waals surface area (Å²) in [5, 5.41) is 4.21. The maximum Gasteiger partial charge on any atom is 0.236 e. The Hall–Kier alpha value is -0.510. The van der Waals surface area contributed by atoms with Crippen molar-refractivity contribution in [3.63, 3.8) is 0 Å². The van der Waals surface area contributed by atoms with Crippen LogP contribution >= 0.6 is 15.9 Å². The van der Waals surface area contributed by atoms with Crippen molar-refractivity contribution in [2.45, 2.75) is 38.0 Å². The summed E-state index contributed by atoms with van der Waals surface area (Å²) in [5.41, 5.74) is 6.85. The third-order valence-corrected chi connectivity index (χ3v) is 6.02. The molecule has 4 aliphatic carbocycles. The number of halogens is 1. The Morgan fingerprint density at radius 3 is 2.12 bits per heavy atom. The van der Waals surface area contributed by atoms with Crippen LogP contribution in [-0.4, -0.2) is 5.16 Å². The quantitative estimate of drug-likeness (QED) is 0.862.